The van der Waals surface area contributed by atoms with Crippen molar-refractivity contribution < 1.29 is 4.79 Å². The van der Waals surface area contributed by atoms with Crippen LogP contribution < -0.4 is 0 Å². The zero-order chi connectivity index (χ0) is 17.5. The Bertz CT molecular complexity index is 708. The number of aromatic nitrogens is 2. The van der Waals surface area contributed by atoms with Crippen molar-refractivity contribution in [3.8, 4) is 0 Å². The highest BCUT2D eigenvalue weighted by Gasteiger charge is 2.19. The van der Waals surface area contributed by atoms with Gasteiger partial charge in [0.05, 0.1) is 17.0 Å². The third-order valence-electron chi connectivity index (χ3n) is 4.04. The summed E-state index contributed by atoms with van der Waals surface area (Å²) in [5.74, 6) is 0.224. The Morgan fingerprint density at radius 3 is 2.71 bits per heavy atom. The predicted octanol–water partition coefficient (Wildman–Crippen LogP) is 6.13. The van der Waals surface area contributed by atoms with Crippen molar-refractivity contribution in [1.82, 2.24) is 9.55 Å². The van der Waals surface area contributed by atoms with Crippen LogP contribution in [-0.4, -0.2) is 15.3 Å². The van der Waals surface area contributed by atoms with Crippen molar-refractivity contribution in [2.75, 3.05) is 0 Å². The number of ketones is 1. The molecule has 0 spiro atoms. The SMILES string of the molecule is CCCCC(C=C(C(=O)c1ccc(Cl)cc1Cl)n1ccnc1)CC. The van der Waals surface area contributed by atoms with Crippen LogP contribution in [0.1, 0.15) is 49.9 Å². The van der Waals surface area contributed by atoms with Gasteiger partial charge < -0.3 is 4.57 Å². The van der Waals surface area contributed by atoms with Gasteiger partial charge in [-0.25, -0.2) is 4.98 Å². The Morgan fingerprint density at radius 1 is 1.33 bits per heavy atom. The molecule has 0 radical (unpaired) electrons. The standard InChI is InChI=1S/C19H22Cl2N2O/c1-3-5-6-14(4-2)11-18(23-10-9-22-13-23)19(24)16-8-7-15(20)12-17(16)21/h7-14H,3-6H2,1-2H3. The van der Waals surface area contributed by atoms with E-state index in [1.54, 1.807) is 41.5 Å². The van der Waals surface area contributed by atoms with E-state index in [2.05, 4.69) is 18.8 Å². The maximum atomic E-state index is 13.1. The van der Waals surface area contributed by atoms with Crippen molar-refractivity contribution in [2.45, 2.75) is 39.5 Å². The summed E-state index contributed by atoms with van der Waals surface area (Å²) in [7, 11) is 0. The Balaban J connectivity index is 2.41. The molecule has 0 N–H and O–H groups in total. The Morgan fingerprint density at radius 2 is 2.12 bits per heavy atom. The highest BCUT2D eigenvalue weighted by atomic mass is 35.5. The third-order valence-corrected chi connectivity index (χ3v) is 4.59. The average molecular weight is 365 g/mol. The first-order valence-corrected chi connectivity index (χ1v) is 9.02. The molecule has 3 nitrogen and oxygen atoms in total. The summed E-state index contributed by atoms with van der Waals surface area (Å²) in [6.45, 7) is 4.31. The van der Waals surface area contributed by atoms with Crippen molar-refractivity contribution in [3.05, 3.63) is 58.6 Å². The number of rotatable bonds is 8. The fraction of sp³-hybridized carbons (Fsp3) is 0.368. The first kappa shape index (κ1) is 18.8. The van der Waals surface area contributed by atoms with Crippen molar-refractivity contribution in [2.24, 2.45) is 5.92 Å². The lowest BCUT2D eigenvalue weighted by atomic mass is 9.96. The van der Waals surface area contributed by atoms with Crippen LogP contribution in [0.3, 0.4) is 0 Å². The number of halogens is 2. The minimum absolute atomic E-state index is 0.121. The lowest BCUT2D eigenvalue weighted by Crippen LogP contribution is -2.11. The molecule has 0 aliphatic rings. The van der Waals surface area contributed by atoms with Gasteiger partial charge in [-0.3, -0.25) is 4.79 Å². The Hall–Kier alpha value is -1.58. The summed E-state index contributed by atoms with van der Waals surface area (Å²) in [5.41, 5.74) is 1.03. The summed E-state index contributed by atoms with van der Waals surface area (Å²) in [6, 6.07) is 4.95. The van der Waals surface area contributed by atoms with Crippen LogP contribution in [0.5, 0.6) is 0 Å². The molecule has 1 aromatic carbocycles. The maximum Gasteiger partial charge on any atom is 0.210 e. The van der Waals surface area contributed by atoms with Gasteiger partial charge in [0.15, 0.2) is 0 Å². The van der Waals surface area contributed by atoms with Gasteiger partial charge in [0, 0.05) is 23.0 Å². The second kappa shape index (κ2) is 9.05. The van der Waals surface area contributed by atoms with Crippen LogP contribution in [0, 0.1) is 5.92 Å². The number of imidazole rings is 1. The lowest BCUT2D eigenvalue weighted by Gasteiger charge is -2.14. The van der Waals surface area contributed by atoms with Gasteiger partial charge in [-0.2, -0.15) is 0 Å². The largest absolute Gasteiger partial charge is 0.303 e. The average Bonchev–Trinajstić information content (AvgIpc) is 3.09. The number of nitrogens with zero attached hydrogens (tertiary/aromatic N) is 2. The number of carbonyl (C=O) groups excluding carboxylic acids is 1. The fourth-order valence-electron chi connectivity index (χ4n) is 2.59. The molecule has 0 aliphatic heterocycles. The molecular weight excluding hydrogens is 343 g/mol. The molecule has 1 unspecified atom stereocenters. The molecule has 2 rings (SSSR count). The van der Waals surface area contributed by atoms with E-state index in [0.29, 0.717) is 27.2 Å². The summed E-state index contributed by atoms with van der Waals surface area (Å²) in [4.78, 5) is 17.1. The van der Waals surface area contributed by atoms with E-state index < -0.39 is 0 Å². The molecule has 0 saturated heterocycles. The predicted molar refractivity (Wildman–Crippen MR) is 101 cm³/mol. The molecule has 1 atom stereocenters. The number of hydrogen-bond acceptors (Lipinski definition) is 2. The number of allylic oxidation sites excluding steroid dienone is 2. The van der Waals surface area contributed by atoms with Crippen LogP contribution in [-0.2, 0) is 0 Å². The maximum absolute atomic E-state index is 13.1. The molecule has 1 heterocycles. The quantitative estimate of drug-likeness (QED) is 0.417. The van der Waals surface area contributed by atoms with Crippen LogP contribution in [0.4, 0.5) is 0 Å². The monoisotopic (exact) mass is 364 g/mol. The normalized spacial score (nSPS) is 13.1. The molecule has 5 heteroatoms. The molecule has 2 aromatic rings. The highest BCUT2D eigenvalue weighted by molar-refractivity contribution is 6.39. The summed E-state index contributed by atoms with van der Waals surface area (Å²) < 4.78 is 1.75. The van der Waals surface area contributed by atoms with Crippen LogP contribution in [0.15, 0.2) is 43.0 Å². The number of carbonyl (C=O) groups is 1. The fourth-order valence-corrected chi connectivity index (χ4v) is 3.08. The van der Waals surface area contributed by atoms with Gasteiger partial charge in [-0.1, -0.05) is 56.0 Å². The third kappa shape index (κ3) is 4.71. The zero-order valence-corrected chi connectivity index (χ0v) is 15.5. The topological polar surface area (TPSA) is 34.9 Å². The van der Waals surface area contributed by atoms with E-state index in [0.717, 1.165) is 25.7 Å². The highest BCUT2D eigenvalue weighted by Crippen LogP contribution is 2.26. The number of hydrogen-bond donors (Lipinski definition) is 0. The van der Waals surface area contributed by atoms with E-state index in [1.165, 1.54) is 0 Å². The molecule has 0 aliphatic carbocycles. The summed E-state index contributed by atoms with van der Waals surface area (Å²) in [6.07, 6.45) is 11.5. The van der Waals surface area contributed by atoms with Gasteiger partial charge in [0.25, 0.3) is 0 Å². The zero-order valence-electron chi connectivity index (χ0n) is 14.0. The first-order valence-electron chi connectivity index (χ1n) is 8.26. The van der Waals surface area contributed by atoms with E-state index >= 15 is 0 Å². The number of unbranched alkanes of at least 4 members (excludes halogenated alkanes) is 1. The van der Waals surface area contributed by atoms with Crippen LogP contribution in [0.25, 0.3) is 5.70 Å². The van der Waals surface area contributed by atoms with E-state index in [-0.39, 0.29) is 5.78 Å². The van der Waals surface area contributed by atoms with Gasteiger partial charge in [-0.05, 0) is 37.0 Å². The van der Waals surface area contributed by atoms with Gasteiger partial charge >= 0.3 is 0 Å². The van der Waals surface area contributed by atoms with Crippen molar-refractivity contribution in [3.63, 3.8) is 0 Å². The second-order valence-corrected chi connectivity index (χ2v) is 6.63. The van der Waals surface area contributed by atoms with Crippen molar-refractivity contribution >= 4 is 34.7 Å². The Kier molecular flexibility index (Phi) is 7.07. The molecule has 24 heavy (non-hydrogen) atoms. The Labute approximate surface area is 153 Å². The summed E-state index contributed by atoms with van der Waals surface area (Å²) >= 11 is 12.2. The molecule has 128 valence electrons. The molecular formula is C19H22Cl2N2O. The second-order valence-electron chi connectivity index (χ2n) is 5.79. The van der Waals surface area contributed by atoms with Crippen LogP contribution >= 0.6 is 23.2 Å². The first-order chi connectivity index (χ1) is 11.6. The number of benzene rings is 1. The van der Waals surface area contributed by atoms with Gasteiger partial charge in [0.1, 0.15) is 0 Å². The van der Waals surface area contributed by atoms with E-state index in [4.69, 9.17) is 23.2 Å². The molecule has 1 aromatic heterocycles. The van der Waals surface area contributed by atoms with E-state index in [9.17, 15) is 4.79 Å². The number of Topliss-reactive ketones (excluding diaryl/α,β-unsaturated/α-hetero) is 1. The van der Waals surface area contributed by atoms with Crippen LogP contribution in [0.2, 0.25) is 10.0 Å². The van der Waals surface area contributed by atoms with E-state index in [1.807, 2.05) is 6.08 Å². The molecule has 0 fully saturated rings. The lowest BCUT2D eigenvalue weighted by molar-refractivity contribution is 0.105. The molecule has 0 amide bonds. The van der Waals surface area contributed by atoms with Gasteiger partial charge in [-0.15, -0.1) is 0 Å². The van der Waals surface area contributed by atoms with Crippen molar-refractivity contribution in [1.29, 1.82) is 0 Å². The minimum atomic E-state index is -0.121. The molecule has 0 bridgehead atoms. The summed E-state index contributed by atoms with van der Waals surface area (Å²) in [5, 5.41) is 0.874. The minimum Gasteiger partial charge on any atom is -0.303 e. The smallest absolute Gasteiger partial charge is 0.210 e. The molecule has 0 saturated carbocycles. The van der Waals surface area contributed by atoms with Gasteiger partial charge in [0.2, 0.25) is 5.78 Å².